The Bertz CT molecular complexity index is 388. The van der Waals surface area contributed by atoms with Crippen LogP contribution in [0.3, 0.4) is 0 Å². The summed E-state index contributed by atoms with van der Waals surface area (Å²) >= 11 is 0. The number of ether oxygens (including phenoxy) is 1. The van der Waals surface area contributed by atoms with E-state index in [2.05, 4.69) is 39.1 Å². The molecule has 3 nitrogen and oxygen atoms in total. The summed E-state index contributed by atoms with van der Waals surface area (Å²) in [5.74, 6) is 0.871. The minimum atomic E-state index is -0.479. The van der Waals surface area contributed by atoms with Gasteiger partial charge in [0.15, 0.2) is 0 Å². The van der Waals surface area contributed by atoms with Crippen molar-refractivity contribution < 1.29 is 9.84 Å². The maximum absolute atomic E-state index is 9.80. The summed E-state index contributed by atoms with van der Waals surface area (Å²) in [5.41, 5.74) is 3.55. The molecule has 0 aromatic heterocycles. The van der Waals surface area contributed by atoms with Crippen LogP contribution in [0.2, 0.25) is 0 Å². The second-order valence-corrected chi connectivity index (χ2v) is 5.23. The molecule has 0 heterocycles. The number of aryl methyl sites for hydroxylation is 2. The van der Waals surface area contributed by atoms with Crippen molar-refractivity contribution in [1.82, 2.24) is 5.32 Å². The van der Waals surface area contributed by atoms with Gasteiger partial charge in [0, 0.05) is 12.6 Å². The molecule has 1 rings (SSSR count). The summed E-state index contributed by atoms with van der Waals surface area (Å²) < 4.78 is 5.70. The van der Waals surface area contributed by atoms with Gasteiger partial charge in [-0.1, -0.05) is 19.9 Å². The summed E-state index contributed by atoms with van der Waals surface area (Å²) in [6.45, 7) is 11.2. The molecule has 0 aliphatic carbocycles. The van der Waals surface area contributed by atoms with Gasteiger partial charge in [0.1, 0.15) is 18.5 Å². The first-order chi connectivity index (χ1) is 8.40. The lowest BCUT2D eigenvalue weighted by atomic mass is 10.1. The molecular formula is C15H25NO2. The van der Waals surface area contributed by atoms with E-state index in [9.17, 15) is 5.11 Å². The van der Waals surface area contributed by atoms with Crippen molar-refractivity contribution in [2.75, 3.05) is 13.2 Å². The van der Waals surface area contributed by atoms with Crippen LogP contribution in [-0.2, 0) is 0 Å². The highest BCUT2D eigenvalue weighted by Gasteiger charge is 2.08. The fraction of sp³-hybridized carbons (Fsp3) is 0.600. The van der Waals surface area contributed by atoms with Crippen molar-refractivity contribution in [2.24, 2.45) is 0 Å². The first-order valence-electron chi connectivity index (χ1n) is 6.52. The normalized spacial score (nSPS) is 12.8. The van der Waals surface area contributed by atoms with E-state index in [1.165, 1.54) is 11.1 Å². The predicted octanol–water partition coefficient (Wildman–Crippen LogP) is 2.35. The first-order valence-corrected chi connectivity index (χ1v) is 6.52. The molecule has 3 heteroatoms. The van der Waals surface area contributed by atoms with E-state index in [1.807, 2.05) is 13.0 Å². The Labute approximate surface area is 110 Å². The molecule has 0 spiro atoms. The maximum Gasteiger partial charge on any atom is 0.122 e. The van der Waals surface area contributed by atoms with Crippen molar-refractivity contribution in [3.05, 3.63) is 28.8 Å². The quantitative estimate of drug-likeness (QED) is 0.815. The summed E-state index contributed by atoms with van der Waals surface area (Å²) in [7, 11) is 0. The van der Waals surface area contributed by atoms with E-state index in [0.717, 1.165) is 11.3 Å². The highest BCUT2D eigenvalue weighted by Crippen LogP contribution is 2.23. The number of hydrogen-bond donors (Lipinski definition) is 2. The zero-order valence-corrected chi connectivity index (χ0v) is 12.1. The highest BCUT2D eigenvalue weighted by atomic mass is 16.5. The minimum Gasteiger partial charge on any atom is -0.491 e. The van der Waals surface area contributed by atoms with Crippen molar-refractivity contribution in [3.8, 4) is 5.75 Å². The van der Waals surface area contributed by atoms with Gasteiger partial charge in [-0.3, -0.25) is 0 Å². The molecule has 0 fully saturated rings. The molecule has 0 aliphatic heterocycles. The second kappa shape index (κ2) is 6.76. The van der Waals surface area contributed by atoms with E-state index in [1.54, 1.807) is 0 Å². The van der Waals surface area contributed by atoms with Crippen molar-refractivity contribution in [2.45, 2.75) is 46.8 Å². The second-order valence-electron chi connectivity index (χ2n) is 5.23. The van der Waals surface area contributed by atoms with E-state index >= 15 is 0 Å². The van der Waals surface area contributed by atoms with Crippen LogP contribution in [-0.4, -0.2) is 30.4 Å². The SMILES string of the molecule is Cc1cc(C)c(C)c(OC[C@H](O)CNC(C)C)c1. The molecule has 102 valence electrons. The zero-order valence-electron chi connectivity index (χ0n) is 12.1. The van der Waals surface area contributed by atoms with Gasteiger partial charge in [-0.05, 0) is 43.5 Å². The van der Waals surface area contributed by atoms with Crippen LogP contribution in [0.25, 0.3) is 0 Å². The molecule has 0 amide bonds. The van der Waals surface area contributed by atoms with Gasteiger partial charge in [-0.15, -0.1) is 0 Å². The molecule has 1 atom stereocenters. The molecule has 0 unspecified atom stereocenters. The molecule has 0 aliphatic rings. The van der Waals surface area contributed by atoms with Crippen LogP contribution in [0.15, 0.2) is 12.1 Å². The standard InChI is InChI=1S/C15H25NO2/c1-10(2)16-8-14(17)9-18-15-7-11(3)6-12(4)13(15)5/h6-7,10,14,16-17H,8-9H2,1-5H3/t14-/m1/s1. The number of aliphatic hydroxyl groups excluding tert-OH is 1. The number of aliphatic hydroxyl groups is 1. The lowest BCUT2D eigenvalue weighted by molar-refractivity contribution is 0.104. The third-order valence-corrected chi connectivity index (χ3v) is 2.96. The molecule has 0 radical (unpaired) electrons. The van der Waals surface area contributed by atoms with Gasteiger partial charge in [-0.2, -0.15) is 0 Å². The molecule has 2 N–H and O–H groups in total. The third kappa shape index (κ3) is 4.67. The van der Waals surface area contributed by atoms with Crippen LogP contribution in [0.4, 0.5) is 0 Å². The molecule has 1 aromatic rings. The first kappa shape index (κ1) is 15.0. The summed E-state index contributed by atoms with van der Waals surface area (Å²) in [4.78, 5) is 0. The topological polar surface area (TPSA) is 41.5 Å². The Balaban J connectivity index is 2.53. The van der Waals surface area contributed by atoms with Crippen LogP contribution < -0.4 is 10.1 Å². The Kier molecular flexibility index (Phi) is 5.63. The fourth-order valence-corrected chi connectivity index (χ4v) is 1.77. The smallest absolute Gasteiger partial charge is 0.122 e. The lowest BCUT2D eigenvalue weighted by Crippen LogP contribution is -2.35. The third-order valence-electron chi connectivity index (χ3n) is 2.96. The van der Waals surface area contributed by atoms with Crippen LogP contribution in [0.5, 0.6) is 5.75 Å². The van der Waals surface area contributed by atoms with E-state index < -0.39 is 6.10 Å². The Morgan fingerprint density at radius 2 is 1.89 bits per heavy atom. The van der Waals surface area contributed by atoms with Gasteiger partial charge in [-0.25, -0.2) is 0 Å². The van der Waals surface area contributed by atoms with Gasteiger partial charge >= 0.3 is 0 Å². The van der Waals surface area contributed by atoms with E-state index in [4.69, 9.17) is 4.74 Å². The molecule has 18 heavy (non-hydrogen) atoms. The average Bonchev–Trinajstić information content (AvgIpc) is 2.29. The predicted molar refractivity (Wildman–Crippen MR) is 75.3 cm³/mol. The van der Waals surface area contributed by atoms with Gasteiger partial charge < -0.3 is 15.2 Å². The minimum absolute atomic E-state index is 0.323. The van der Waals surface area contributed by atoms with Gasteiger partial charge in [0.2, 0.25) is 0 Å². The largest absolute Gasteiger partial charge is 0.491 e. The summed E-state index contributed by atoms with van der Waals surface area (Å²) in [6, 6.07) is 4.53. The van der Waals surface area contributed by atoms with Gasteiger partial charge in [0.25, 0.3) is 0 Å². The number of nitrogens with one attached hydrogen (secondary N) is 1. The van der Waals surface area contributed by atoms with E-state index in [-0.39, 0.29) is 0 Å². The maximum atomic E-state index is 9.80. The van der Waals surface area contributed by atoms with Crippen LogP contribution >= 0.6 is 0 Å². The number of benzene rings is 1. The molecule has 0 bridgehead atoms. The molecule has 0 saturated heterocycles. The number of rotatable bonds is 6. The van der Waals surface area contributed by atoms with E-state index in [0.29, 0.717) is 19.2 Å². The Morgan fingerprint density at radius 3 is 2.50 bits per heavy atom. The summed E-state index contributed by atoms with van der Waals surface area (Å²) in [6.07, 6.45) is -0.479. The monoisotopic (exact) mass is 251 g/mol. The van der Waals surface area contributed by atoms with Crippen LogP contribution in [0.1, 0.15) is 30.5 Å². The fourth-order valence-electron chi connectivity index (χ4n) is 1.77. The average molecular weight is 251 g/mol. The molecule has 0 saturated carbocycles. The summed E-state index contributed by atoms with van der Waals surface area (Å²) in [5, 5.41) is 13.0. The van der Waals surface area contributed by atoms with Gasteiger partial charge in [0.05, 0.1) is 0 Å². The molecule has 1 aromatic carbocycles. The van der Waals surface area contributed by atoms with Crippen LogP contribution in [0, 0.1) is 20.8 Å². The Morgan fingerprint density at radius 1 is 1.22 bits per heavy atom. The molecular weight excluding hydrogens is 226 g/mol. The highest BCUT2D eigenvalue weighted by molar-refractivity contribution is 5.41. The van der Waals surface area contributed by atoms with Crippen molar-refractivity contribution in [3.63, 3.8) is 0 Å². The van der Waals surface area contributed by atoms with Crippen molar-refractivity contribution >= 4 is 0 Å². The van der Waals surface area contributed by atoms with Crippen molar-refractivity contribution in [1.29, 1.82) is 0 Å². The number of hydrogen-bond acceptors (Lipinski definition) is 3. The zero-order chi connectivity index (χ0) is 13.7. The Hall–Kier alpha value is -1.06. The lowest BCUT2D eigenvalue weighted by Gasteiger charge is -2.17.